The molecule has 0 unspecified atom stereocenters. The highest BCUT2D eigenvalue weighted by molar-refractivity contribution is 5.68. The fourth-order valence-electron chi connectivity index (χ4n) is 3.06. The lowest BCUT2D eigenvalue weighted by molar-refractivity contribution is 0.402. The smallest absolute Gasteiger partial charge is 0.243 e. The van der Waals surface area contributed by atoms with Gasteiger partial charge in [-0.1, -0.05) is 18.9 Å². The molecular weight excluding hydrogens is 290 g/mol. The number of hydrogen-bond donors (Lipinski definition) is 3. The molecule has 0 saturated heterocycles. The van der Waals surface area contributed by atoms with Crippen LogP contribution in [0.15, 0.2) is 18.2 Å². The Labute approximate surface area is 136 Å². The Morgan fingerprint density at radius 2 is 1.96 bits per heavy atom. The molecule has 3 rings (SSSR count). The molecule has 6 nitrogen and oxygen atoms in total. The van der Waals surface area contributed by atoms with Crippen molar-refractivity contribution in [2.45, 2.75) is 51.6 Å². The van der Waals surface area contributed by atoms with Crippen molar-refractivity contribution in [3.05, 3.63) is 29.5 Å². The van der Waals surface area contributed by atoms with E-state index in [-0.39, 0.29) is 17.8 Å². The SMILES string of the molecule is Cc1ccc(-c2nnc(N[C@@H]3CCCC[C@H]3N)nc2C)c(O)c1. The predicted octanol–water partition coefficient (Wildman–Crippen LogP) is 2.54. The van der Waals surface area contributed by atoms with Crippen LogP contribution in [0.3, 0.4) is 0 Å². The van der Waals surface area contributed by atoms with Gasteiger partial charge in [0.05, 0.1) is 5.69 Å². The van der Waals surface area contributed by atoms with Gasteiger partial charge in [0.2, 0.25) is 5.95 Å². The largest absolute Gasteiger partial charge is 0.507 e. The van der Waals surface area contributed by atoms with Crippen molar-refractivity contribution in [1.29, 1.82) is 0 Å². The van der Waals surface area contributed by atoms with Crippen LogP contribution in [0.5, 0.6) is 5.75 Å². The molecule has 2 atom stereocenters. The number of phenols is 1. The molecular formula is C17H23N5O. The van der Waals surface area contributed by atoms with Crippen LogP contribution < -0.4 is 11.1 Å². The van der Waals surface area contributed by atoms with Crippen molar-refractivity contribution in [3.8, 4) is 17.0 Å². The lowest BCUT2D eigenvalue weighted by Gasteiger charge is -2.29. The molecule has 122 valence electrons. The first-order valence-electron chi connectivity index (χ1n) is 8.08. The first-order valence-corrected chi connectivity index (χ1v) is 8.08. The first kappa shape index (κ1) is 15.7. The van der Waals surface area contributed by atoms with Crippen molar-refractivity contribution < 1.29 is 5.11 Å². The number of nitrogens with two attached hydrogens (primary N) is 1. The lowest BCUT2D eigenvalue weighted by Crippen LogP contribution is -2.43. The van der Waals surface area contributed by atoms with E-state index in [1.165, 1.54) is 12.8 Å². The van der Waals surface area contributed by atoms with Gasteiger partial charge in [-0.3, -0.25) is 0 Å². The number of anilines is 1. The molecule has 2 aromatic rings. The zero-order valence-corrected chi connectivity index (χ0v) is 13.6. The minimum Gasteiger partial charge on any atom is -0.507 e. The number of aromatic hydroxyl groups is 1. The van der Waals surface area contributed by atoms with Crippen LogP contribution in [0.25, 0.3) is 11.3 Å². The first-order chi connectivity index (χ1) is 11.0. The molecule has 1 saturated carbocycles. The fraction of sp³-hybridized carbons (Fsp3) is 0.471. The number of nitrogens with one attached hydrogen (secondary N) is 1. The van der Waals surface area contributed by atoms with E-state index in [2.05, 4.69) is 20.5 Å². The monoisotopic (exact) mass is 313 g/mol. The maximum Gasteiger partial charge on any atom is 0.243 e. The summed E-state index contributed by atoms with van der Waals surface area (Å²) in [6, 6.07) is 5.82. The third-order valence-electron chi connectivity index (χ3n) is 4.40. The number of phenolic OH excluding ortho intramolecular Hbond substituents is 1. The van der Waals surface area contributed by atoms with E-state index in [1.54, 1.807) is 6.07 Å². The van der Waals surface area contributed by atoms with Crippen LogP contribution >= 0.6 is 0 Å². The lowest BCUT2D eigenvalue weighted by atomic mass is 9.91. The molecule has 1 aromatic heterocycles. The number of benzene rings is 1. The van der Waals surface area contributed by atoms with Gasteiger partial charge in [-0.2, -0.15) is 0 Å². The van der Waals surface area contributed by atoms with Crippen molar-refractivity contribution in [1.82, 2.24) is 15.2 Å². The quantitative estimate of drug-likeness (QED) is 0.805. The summed E-state index contributed by atoms with van der Waals surface area (Å²) in [6.07, 6.45) is 4.42. The zero-order chi connectivity index (χ0) is 16.4. The summed E-state index contributed by atoms with van der Waals surface area (Å²) in [7, 11) is 0. The standard InChI is InChI=1S/C17H23N5O/c1-10-7-8-12(15(23)9-10)16-11(2)19-17(22-21-16)20-14-6-4-3-5-13(14)18/h7-9,13-14,23H,3-6,18H2,1-2H3,(H,19,20,22)/t13-,14-/m1/s1. The predicted molar refractivity (Wildman–Crippen MR) is 90.3 cm³/mol. The van der Waals surface area contributed by atoms with Gasteiger partial charge in [-0.05, 0) is 44.4 Å². The molecule has 0 amide bonds. The molecule has 1 fully saturated rings. The Hall–Kier alpha value is -2.21. The molecule has 23 heavy (non-hydrogen) atoms. The Morgan fingerprint density at radius 3 is 2.65 bits per heavy atom. The van der Waals surface area contributed by atoms with Gasteiger partial charge >= 0.3 is 0 Å². The zero-order valence-electron chi connectivity index (χ0n) is 13.6. The minimum atomic E-state index is 0.133. The number of rotatable bonds is 3. The van der Waals surface area contributed by atoms with Gasteiger partial charge in [0.15, 0.2) is 0 Å². The molecule has 1 aromatic carbocycles. The molecule has 0 bridgehead atoms. The fourth-order valence-corrected chi connectivity index (χ4v) is 3.06. The van der Waals surface area contributed by atoms with Gasteiger partial charge in [0, 0.05) is 17.6 Å². The van der Waals surface area contributed by atoms with Gasteiger partial charge in [-0.15, -0.1) is 10.2 Å². The number of nitrogens with zero attached hydrogens (tertiary/aromatic N) is 3. The van der Waals surface area contributed by atoms with Crippen LogP contribution in [0, 0.1) is 13.8 Å². The van der Waals surface area contributed by atoms with Crippen molar-refractivity contribution >= 4 is 5.95 Å². The summed E-state index contributed by atoms with van der Waals surface area (Å²) in [4.78, 5) is 4.49. The number of aromatic nitrogens is 3. The Balaban J connectivity index is 1.83. The van der Waals surface area contributed by atoms with E-state index in [0.717, 1.165) is 24.1 Å². The average molecular weight is 313 g/mol. The molecule has 1 aliphatic rings. The van der Waals surface area contributed by atoms with E-state index >= 15 is 0 Å². The van der Waals surface area contributed by atoms with E-state index < -0.39 is 0 Å². The highest BCUT2D eigenvalue weighted by Gasteiger charge is 2.22. The van der Waals surface area contributed by atoms with Crippen molar-refractivity contribution in [2.75, 3.05) is 5.32 Å². The molecule has 0 radical (unpaired) electrons. The average Bonchev–Trinajstić information content (AvgIpc) is 2.51. The third kappa shape index (κ3) is 3.42. The molecule has 1 heterocycles. The molecule has 1 aliphatic carbocycles. The maximum atomic E-state index is 10.1. The van der Waals surface area contributed by atoms with Gasteiger partial charge in [-0.25, -0.2) is 4.98 Å². The van der Waals surface area contributed by atoms with Gasteiger partial charge < -0.3 is 16.2 Å². The second-order valence-corrected chi connectivity index (χ2v) is 6.29. The summed E-state index contributed by atoms with van der Waals surface area (Å²) < 4.78 is 0. The maximum absolute atomic E-state index is 10.1. The third-order valence-corrected chi connectivity index (χ3v) is 4.40. The minimum absolute atomic E-state index is 0.133. The Kier molecular flexibility index (Phi) is 4.43. The second kappa shape index (κ2) is 6.50. The Bertz CT molecular complexity index is 703. The molecule has 0 spiro atoms. The highest BCUT2D eigenvalue weighted by Crippen LogP contribution is 2.30. The summed E-state index contributed by atoms with van der Waals surface area (Å²) in [5, 5.41) is 21.8. The summed E-state index contributed by atoms with van der Waals surface area (Å²) in [6.45, 7) is 3.80. The van der Waals surface area contributed by atoms with E-state index in [1.807, 2.05) is 26.0 Å². The van der Waals surface area contributed by atoms with Crippen LogP contribution in [0.1, 0.15) is 36.9 Å². The van der Waals surface area contributed by atoms with E-state index in [9.17, 15) is 5.11 Å². The van der Waals surface area contributed by atoms with Crippen LogP contribution in [-0.2, 0) is 0 Å². The van der Waals surface area contributed by atoms with E-state index in [0.29, 0.717) is 17.2 Å². The topological polar surface area (TPSA) is 97.0 Å². The molecule has 4 N–H and O–H groups in total. The van der Waals surface area contributed by atoms with Gasteiger partial charge in [0.25, 0.3) is 0 Å². The van der Waals surface area contributed by atoms with Crippen LogP contribution in [0.2, 0.25) is 0 Å². The van der Waals surface area contributed by atoms with Gasteiger partial charge in [0.1, 0.15) is 11.4 Å². The summed E-state index contributed by atoms with van der Waals surface area (Å²) in [5.41, 5.74) is 9.12. The number of hydrogen-bond acceptors (Lipinski definition) is 6. The van der Waals surface area contributed by atoms with Crippen LogP contribution in [0.4, 0.5) is 5.95 Å². The Morgan fingerprint density at radius 1 is 1.17 bits per heavy atom. The van der Waals surface area contributed by atoms with Crippen molar-refractivity contribution in [3.63, 3.8) is 0 Å². The number of aryl methyl sites for hydroxylation is 2. The van der Waals surface area contributed by atoms with Crippen LogP contribution in [-0.4, -0.2) is 32.4 Å². The molecule has 6 heteroatoms. The summed E-state index contributed by atoms with van der Waals surface area (Å²) >= 11 is 0. The van der Waals surface area contributed by atoms with E-state index in [4.69, 9.17) is 5.73 Å². The summed E-state index contributed by atoms with van der Waals surface area (Å²) in [5.74, 6) is 0.694. The molecule has 0 aliphatic heterocycles. The second-order valence-electron chi connectivity index (χ2n) is 6.29. The highest BCUT2D eigenvalue weighted by atomic mass is 16.3. The normalized spacial score (nSPS) is 21.2. The van der Waals surface area contributed by atoms with Crippen molar-refractivity contribution in [2.24, 2.45) is 5.73 Å².